The maximum Gasteiger partial charge on any atom is 0.326 e. The van der Waals surface area contributed by atoms with Crippen molar-refractivity contribution in [1.29, 1.82) is 0 Å². The van der Waals surface area contributed by atoms with Crippen molar-refractivity contribution in [3.05, 3.63) is 29.8 Å². The van der Waals surface area contributed by atoms with Crippen molar-refractivity contribution in [2.75, 3.05) is 12.3 Å². The minimum absolute atomic E-state index is 0.146. The van der Waals surface area contributed by atoms with E-state index in [1.807, 2.05) is 38.1 Å². The predicted molar refractivity (Wildman–Crippen MR) is 91.9 cm³/mol. The standard InChI is InChI=1S/C17H22N2O4S/c1-10(2)7-13(17(22)23)19-15(20)8-18-16(21)12-9-24-14-6-4-3-5-11(12)14/h3-6,10,12-13H,7-9H2,1-2H3,(H,18,21)(H,19,20)(H,22,23)/t12?,13-/m0/s1. The van der Waals surface area contributed by atoms with Gasteiger partial charge < -0.3 is 15.7 Å². The Morgan fingerprint density at radius 3 is 2.67 bits per heavy atom. The molecule has 1 aliphatic heterocycles. The van der Waals surface area contributed by atoms with E-state index in [4.69, 9.17) is 5.11 Å². The molecule has 1 aromatic rings. The minimum Gasteiger partial charge on any atom is -0.480 e. The van der Waals surface area contributed by atoms with E-state index in [0.29, 0.717) is 12.2 Å². The van der Waals surface area contributed by atoms with Crippen LogP contribution < -0.4 is 10.6 Å². The number of nitrogens with one attached hydrogen (secondary N) is 2. The average molecular weight is 350 g/mol. The molecule has 3 N–H and O–H groups in total. The summed E-state index contributed by atoms with van der Waals surface area (Å²) in [6.07, 6.45) is 0.349. The number of amides is 2. The fourth-order valence-electron chi connectivity index (χ4n) is 2.61. The fraction of sp³-hybridized carbons (Fsp3) is 0.471. The molecule has 0 spiro atoms. The molecule has 0 saturated carbocycles. The lowest BCUT2D eigenvalue weighted by atomic mass is 10.0. The normalized spacial score (nSPS) is 17.2. The van der Waals surface area contributed by atoms with E-state index in [1.165, 1.54) is 0 Å². The summed E-state index contributed by atoms with van der Waals surface area (Å²) in [6.45, 7) is 3.56. The van der Waals surface area contributed by atoms with E-state index >= 15 is 0 Å². The zero-order valence-corrected chi connectivity index (χ0v) is 14.6. The molecule has 7 heteroatoms. The van der Waals surface area contributed by atoms with Crippen LogP contribution in [0.1, 0.15) is 31.7 Å². The molecule has 1 unspecified atom stereocenters. The first-order chi connectivity index (χ1) is 11.4. The first-order valence-corrected chi connectivity index (χ1v) is 8.88. The van der Waals surface area contributed by atoms with Gasteiger partial charge in [0.25, 0.3) is 0 Å². The molecule has 0 saturated heterocycles. The summed E-state index contributed by atoms with van der Waals surface area (Å²) in [7, 11) is 0. The van der Waals surface area contributed by atoms with Crippen molar-refractivity contribution in [3.8, 4) is 0 Å². The topological polar surface area (TPSA) is 95.5 Å². The van der Waals surface area contributed by atoms with Gasteiger partial charge in [0, 0.05) is 10.6 Å². The monoisotopic (exact) mass is 350 g/mol. The number of carboxylic acid groups (broad SMARTS) is 1. The Labute approximate surface area is 145 Å². The average Bonchev–Trinajstić information content (AvgIpc) is 2.95. The summed E-state index contributed by atoms with van der Waals surface area (Å²) in [5.41, 5.74) is 0.976. The second-order valence-electron chi connectivity index (χ2n) is 6.21. The van der Waals surface area contributed by atoms with Gasteiger partial charge in [0.1, 0.15) is 6.04 Å². The highest BCUT2D eigenvalue weighted by atomic mass is 32.2. The quantitative estimate of drug-likeness (QED) is 0.694. The molecule has 1 heterocycles. The molecule has 0 fully saturated rings. The van der Waals surface area contributed by atoms with Crippen molar-refractivity contribution in [2.24, 2.45) is 5.92 Å². The molecule has 24 heavy (non-hydrogen) atoms. The number of benzene rings is 1. The molecule has 130 valence electrons. The largest absolute Gasteiger partial charge is 0.480 e. The summed E-state index contributed by atoms with van der Waals surface area (Å²) in [5, 5.41) is 14.2. The second kappa shape index (κ2) is 8.19. The van der Waals surface area contributed by atoms with Crippen molar-refractivity contribution < 1.29 is 19.5 Å². The lowest BCUT2D eigenvalue weighted by molar-refractivity contribution is -0.142. The third-order valence-electron chi connectivity index (χ3n) is 3.78. The number of aliphatic carboxylic acids is 1. The number of thioether (sulfide) groups is 1. The molecule has 2 amide bonds. The van der Waals surface area contributed by atoms with Gasteiger partial charge in [-0.05, 0) is 24.0 Å². The number of carbonyl (C=O) groups is 3. The van der Waals surface area contributed by atoms with Crippen LogP contribution in [0.2, 0.25) is 0 Å². The van der Waals surface area contributed by atoms with E-state index in [-0.39, 0.29) is 24.3 Å². The van der Waals surface area contributed by atoms with Crippen LogP contribution in [0, 0.1) is 5.92 Å². The SMILES string of the molecule is CC(C)C[C@H](NC(=O)CNC(=O)C1CSc2ccccc21)C(=O)O. The number of rotatable bonds is 7. The van der Waals surface area contributed by atoms with Gasteiger partial charge in [-0.1, -0.05) is 32.0 Å². The predicted octanol–water partition coefficient (Wildman–Crippen LogP) is 1.61. The highest BCUT2D eigenvalue weighted by Gasteiger charge is 2.29. The zero-order chi connectivity index (χ0) is 17.7. The van der Waals surface area contributed by atoms with Crippen LogP contribution >= 0.6 is 11.8 Å². The molecule has 0 aliphatic carbocycles. The molecule has 0 aromatic heterocycles. The van der Waals surface area contributed by atoms with Crippen LogP contribution in [0.5, 0.6) is 0 Å². The Morgan fingerprint density at radius 1 is 1.29 bits per heavy atom. The second-order valence-corrected chi connectivity index (χ2v) is 7.27. The van der Waals surface area contributed by atoms with Crippen molar-refractivity contribution >= 4 is 29.5 Å². The van der Waals surface area contributed by atoms with Gasteiger partial charge in [-0.2, -0.15) is 0 Å². The molecule has 2 rings (SSSR count). The van der Waals surface area contributed by atoms with Gasteiger partial charge in [0.05, 0.1) is 12.5 Å². The van der Waals surface area contributed by atoms with E-state index < -0.39 is 17.9 Å². The number of carboxylic acids is 1. The van der Waals surface area contributed by atoms with Crippen molar-refractivity contribution in [3.63, 3.8) is 0 Å². The first-order valence-electron chi connectivity index (χ1n) is 7.90. The van der Waals surface area contributed by atoms with Crippen molar-refractivity contribution in [2.45, 2.75) is 37.1 Å². The van der Waals surface area contributed by atoms with Crippen molar-refractivity contribution in [1.82, 2.24) is 10.6 Å². The highest BCUT2D eigenvalue weighted by Crippen LogP contribution is 2.39. The molecule has 0 bridgehead atoms. The van der Waals surface area contributed by atoms with Crippen LogP contribution in [-0.2, 0) is 14.4 Å². The number of fused-ring (bicyclic) bond motifs is 1. The molecule has 1 aliphatic rings. The zero-order valence-electron chi connectivity index (χ0n) is 13.7. The van der Waals surface area contributed by atoms with Crippen LogP contribution in [-0.4, -0.2) is 41.2 Å². The van der Waals surface area contributed by atoms with Crippen LogP contribution in [0.25, 0.3) is 0 Å². The number of hydrogen-bond donors (Lipinski definition) is 3. The Kier molecular flexibility index (Phi) is 6.25. The lowest BCUT2D eigenvalue weighted by Crippen LogP contribution is -2.46. The Bertz CT molecular complexity index is 633. The molecule has 1 aromatic carbocycles. The maximum absolute atomic E-state index is 12.3. The van der Waals surface area contributed by atoms with Crippen LogP contribution in [0.15, 0.2) is 29.2 Å². The molecule has 2 atom stereocenters. The highest BCUT2D eigenvalue weighted by molar-refractivity contribution is 7.99. The van der Waals surface area contributed by atoms with Gasteiger partial charge in [0.2, 0.25) is 11.8 Å². The maximum atomic E-state index is 12.3. The Hall–Kier alpha value is -2.02. The van der Waals surface area contributed by atoms with E-state index in [9.17, 15) is 14.4 Å². The number of carbonyl (C=O) groups excluding carboxylic acids is 2. The Morgan fingerprint density at radius 2 is 2.00 bits per heavy atom. The van der Waals surface area contributed by atoms with Gasteiger partial charge in [-0.15, -0.1) is 11.8 Å². The summed E-state index contributed by atoms with van der Waals surface area (Å²) >= 11 is 1.62. The minimum atomic E-state index is -1.07. The molecular weight excluding hydrogens is 328 g/mol. The fourth-order valence-corrected chi connectivity index (χ4v) is 3.84. The van der Waals surface area contributed by atoms with Crippen LogP contribution in [0.4, 0.5) is 0 Å². The smallest absolute Gasteiger partial charge is 0.326 e. The first kappa shape index (κ1) is 18.3. The van der Waals surface area contributed by atoms with Gasteiger partial charge >= 0.3 is 5.97 Å². The van der Waals surface area contributed by atoms with E-state index in [2.05, 4.69) is 10.6 Å². The van der Waals surface area contributed by atoms with Gasteiger partial charge in [-0.3, -0.25) is 9.59 Å². The Balaban J connectivity index is 1.85. The summed E-state index contributed by atoms with van der Waals surface area (Å²) in [5.74, 6) is -1.24. The number of hydrogen-bond acceptors (Lipinski definition) is 4. The third-order valence-corrected chi connectivity index (χ3v) is 4.96. The lowest BCUT2D eigenvalue weighted by Gasteiger charge is -2.17. The van der Waals surface area contributed by atoms with E-state index in [1.54, 1.807) is 11.8 Å². The third kappa shape index (κ3) is 4.74. The molecule has 6 nitrogen and oxygen atoms in total. The van der Waals surface area contributed by atoms with E-state index in [0.717, 1.165) is 10.5 Å². The summed E-state index contributed by atoms with van der Waals surface area (Å²) < 4.78 is 0. The summed E-state index contributed by atoms with van der Waals surface area (Å²) in [4.78, 5) is 36.4. The molecular formula is C17H22N2O4S. The van der Waals surface area contributed by atoms with Crippen LogP contribution in [0.3, 0.4) is 0 Å². The summed E-state index contributed by atoms with van der Waals surface area (Å²) in [6, 6.07) is 6.78. The van der Waals surface area contributed by atoms with Gasteiger partial charge in [-0.25, -0.2) is 4.79 Å². The van der Waals surface area contributed by atoms with Gasteiger partial charge in [0.15, 0.2) is 0 Å². The molecule has 0 radical (unpaired) electrons.